The number of nitrogens with zero attached hydrogens (tertiary/aromatic N) is 1. The molecule has 0 saturated carbocycles. The minimum absolute atomic E-state index is 0.117. The van der Waals surface area contributed by atoms with Crippen molar-refractivity contribution >= 4 is 40.8 Å². The second kappa shape index (κ2) is 5.67. The fourth-order valence-electron chi connectivity index (χ4n) is 2.68. The standard InChI is InChI=1S/C14H18N2OS2/c15-11-4-1-5-12-10(11)3-2-6-16(12)14(17)13-9-18-7-8-19-13/h1,4-5,13H,2-3,6-9,15H2. The van der Waals surface area contributed by atoms with Gasteiger partial charge in [0.1, 0.15) is 0 Å². The number of amides is 1. The van der Waals surface area contributed by atoms with Gasteiger partial charge in [-0.15, -0.1) is 11.8 Å². The van der Waals surface area contributed by atoms with Gasteiger partial charge in [0.05, 0.1) is 5.25 Å². The van der Waals surface area contributed by atoms with Gasteiger partial charge in [-0.2, -0.15) is 11.8 Å². The van der Waals surface area contributed by atoms with Crippen molar-refractivity contribution in [3.63, 3.8) is 0 Å². The third-order valence-corrected chi connectivity index (χ3v) is 6.39. The molecule has 102 valence electrons. The normalized spacial score (nSPS) is 22.9. The predicted octanol–water partition coefficient (Wildman–Crippen LogP) is 2.40. The van der Waals surface area contributed by atoms with Crippen LogP contribution in [0.25, 0.3) is 0 Å². The van der Waals surface area contributed by atoms with Gasteiger partial charge < -0.3 is 10.6 Å². The summed E-state index contributed by atoms with van der Waals surface area (Å²) in [5, 5.41) is 0.117. The zero-order valence-electron chi connectivity index (χ0n) is 10.8. The molecule has 0 aliphatic carbocycles. The van der Waals surface area contributed by atoms with Crippen molar-refractivity contribution in [3.8, 4) is 0 Å². The number of hydrogen-bond donors (Lipinski definition) is 1. The molecule has 0 bridgehead atoms. The van der Waals surface area contributed by atoms with E-state index in [2.05, 4.69) is 0 Å². The molecule has 19 heavy (non-hydrogen) atoms. The number of nitrogen functional groups attached to an aromatic ring is 1. The van der Waals surface area contributed by atoms with E-state index in [1.165, 1.54) is 0 Å². The molecule has 1 amide bonds. The number of carbonyl (C=O) groups is 1. The lowest BCUT2D eigenvalue weighted by Crippen LogP contribution is -2.43. The topological polar surface area (TPSA) is 46.3 Å². The molecule has 2 aliphatic heterocycles. The minimum Gasteiger partial charge on any atom is -0.398 e. The first-order valence-corrected chi connectivity index (χ1v) is 8.86. The van der Waals surface area contributed by atoms with Crippen LogP contribution in [0.5, 0.6) is 0 Å². The quantitative estimate of drug-likeness (QED) is 0.808. The van der Waals surface area contributed by atoms with E-state index >= 15 is 0 Å². The van der Waals surface area contributed by atoms with Gasteiger partial charge >= 0.3 is 0 Å². The smallest absolute Gasteiger partial charge is 0.240 e. The summed E-state index contributed by atoms with van der Waals surface area (Å²) >= 11 is 3.69. The second-order valence-corrected chi connectivity index (χ2v) is 7.33. The summed E-state index contributed by atoms with van der Waals surface area (Å²) in [7, 11) is 0. The summed E-state index contributed by atoms with van der Waals surface area (Å²) in [4.78, 5) is 14.6. The van der Waals surface area contributed by atoms with E-state index in [0.717, 1.165) is 53.6 Å². The van der Waals surface area contributed by atoms with Crippen molar-refractivity contribution in [2.45, 2.75) is 18.1 Å². The molecule has 3 rings (SSSR count). The highest BCUT2D eigenvalue weighted by Gasteiger charge is 2.30. The zero-order valence-corrected chi connectivity index (χ0v) is 12.4. The summed E-state index contributed by atoms with van der Waals surface area (Å²) in [5.41, 5.74) is 9.04. The Bertz CT molecular complexity index is 486. The number of carbonyl (C=O) groups excluding carboxylic acids is 1. The molecule has 1 saturated heterocycles. The van der Waals surface area contributed by atoms with Crippen LogP contribution in [-0.2, 0) is 11.2 Å². The first-order valence-electron chi connectivity index (χ1n) is 6.65. The van der Waals surface area contributed by atoms with Crippen LogP contribution in [0.1, 0.15) is 12.0 Å². The largest absolute Gasteiger partial charge is 0.398 e. The number of hydrogen-bond acceptors (Lipinski definition) is 4. The van der Waals surface area contributed by atoms with Crippen LogP contribution in [0.3, 0.4) is 0 Å². The number of nitrogens with two attached hydrogens (primary N) is 1. The van der Waals surface area contributed by atoms with Crippen LogP contribution in [-0.4, -0.2) is 35.0 Å². The fourth-order valence-corrected chi connectivity index (χ4v) is 5.29. The summed E-state index contributed by atoms with van der Waals surface area (Å²) in [6.07, 6.45) is 2.00. The highest BCUT2D eigenvalue weighted by molar-refractivity contribution is 8.07. The minimum atomic E-state index is 0.117. The summed E-state index contributed by atoms with van der Waals surface area (Å²) < 4.78 is 0. The molecule has 1 unspecified atom stereocenters. The van der Waals surface area contributed by atoms with E-state index in [-0.39, 0.29) is 11.2 Å². The Hall–Kier alpha value is -0.810. The highest BCUT2D eigenvalue weighted by atomic mass is 32.2. The Balaban J connectivity index is 1.86. The highest BCUT2D eigenvalue weighted by Crippen LogP contribution is 2.34. The molecule has 2 heterocycles. The fraction of sp³-hybridized carbons (Fsp3) is 0.500. The van der Waals surface area contributed by atoms with Crippen molar-refractivity contribution in [3.05, 3.63) is 23.8 Å². The molecule has 3 nitrogen and oxygen atoms in total. The molecule has 2 N–H and O–H groups in total. The molecule has 0 spiro atoms. The van der Waals surface area contributed by atoms with E-state index < -0.39 is 0 Å². The van der Waals surface area contributed by atoms with Crippen LogP contribution in [0, 0.1) is 0 Å². The van der Waals surface area contributed by atoms with Gasteiger partial charge in [-0.05, 0) is 30.5 Å². The third kappa shape index (κ3) is 2.58. The maximum atomic E-state index is 12.7. The van der Waals surface area contributed by atoms with Gasteiger partial charge in [-0.1, -0.05) is 6.07 Å². The molecule has 1 fully saturated rings. The first kappa shape index (κ1) is 13.2. The number of fused-ring (bicyclic) bond motifs is 1. The van der Waals surface area contributed by atoms with E-state index in [1.54, 1.807) is 11.8 Å². The second-order valence-electron chi connectivity index (χ2n) is 4.87. The van der Waals surface area contributed by atoms with Crippen LogP contribution in [0.2, 0.25) is 0 Å². The van der Waals surface area contributed by atoms with Gasteiger partial charge in [-0.3, -0.25) is 4.79 Å². The van der Waals surface area contributed by atoms with E-state index in [4.69, 9.17) is 5.73 Å². The van der Waals surface area contributed by atoms with E-state index in [0.29, 0.717) is 0 Å². The Kier molecular flexibility index (Phi) is 3.93. The molecule has 1 aromatic rings. The number of thioether (sulfide) groups is 2. The average Bonchev–Trinajstić information content (AvgIpc) is 2.47. The monoisotopic (exact) mass is 294 g/mol. The lowest BCUT2D eigenvalue weighted by Gasteiger charge is -2.33. The van der Waals surface area contributed by atoms with Crippen molar-refractivity contribution in [2.75, 3.05) is 34.4 Å². The molecule has 0 aromatic heterocycles. The van der Waals surface area contributed by atoms with Crippen LogP contribution < -0.4 is 10.6 Å². The molecular formula is C14H18N2OS2. The average molecular weight is 294 g/mol. The Morgan fingerprint density at radius 1 is 1.37 bits per heavy atom. The van der Waals surface area contributed by atoms with Crippen molar-refractivity contribution in [2.24, 2.45) is 0 Å². The molecule has 1 aromatic carbocycles. The van der Waals surface area contributed by atoms with Crippen LogP contribution in [0.15, 0.2) is 18.2 Å². The number of anilines is 2. The zero-order chi connectivity index (χ0) is 13.2. The Morgan fingerprint density at radius 2 is 2.26 bits per heavy atom. The van der Waals surface area contributed by atoms with Gasteiger partial charge in [0.2, 0.25) is 5.91 Å². The van der Waals surface area contributed by atoms with Crippen LogP contribution >= 0.6 is 23.5 Å². The maximum absolute atomic E-state index is 12.7. The lowest BCUT2D eigenvalue weighted by molar-refractivity contribution is -0.117. The maximum Gasteiger partial charge on any atom is 0.240 e. The molecule has 1 atom stereocenters. The Labute approximate surface area is 122 Å². The van der Waals surface area contributed by atoms with Crippen molar-refractivity contribution in [1.29, 1.82) is 0 Å². The van der Waals surface area contributed by atoms with Gasteiger partial charge in [0, 0.05) is 35.2 Å². The lowest BCUT2D eigenvalue weighted by atomic mass is 9.99. The van der Waals surface area contributed by atoms with E-state index in [9.17, 15) is 4.79 Å². The summed E-state index contributed by atoms with van der Waals surface area (Å²) in [6.45, 7) is 0.830. The van der Waals surface area contributed by atoms with Gasteiger partial charge in [-0.25, -0.2) is 0 Å². The summed E-state index contributed by atoms with van der Waals surface area (Å²) in [5.74, 6) is 3.46. The van der Waals surface area contributed by atoms with Crippen molar-refractivity contribution < 1.29 is 4.79 Å². The molecule has 0 radical (unpaired) electrons. The van der Waals surface area contributed by atoms with E-state index in [1.807, 2.05) is 34.9 Å². The molecule has 2 aliphatic rings. The van der Waals surface area contributed by atoms with Gasteiger partial charge in [0.25, 0.3) is 0 Å². The van der Waals surface area contributed by atoms with Crippen LogP contribution in [0.4, 0.5) is 11.4 Å². The number of rotatable bonds is 1. The SMILES string of the molecule is Nc1cccc2c1CCCN2C(=O)C1CSCCS1. The predicted molar refractivity (Wildman–Crippen MR) is 85.1 cm³/mol. The third-order valence-electron chi connectivity index (χ3n) is 3.64. The molecule has 5 heteroatoms. The van der Waals surface area contributed by atoms with Gasteiger partial charge in [0.15, 0.2) is 0 Å². The first-order chi connectivity index (χ1) is 9.27. The molecular weight excluding hydrogens is 276 g/mol. The summed E-state index contributed by atoms with van der Waals surface area (Å²) in [6, 6.07) is 5.91. The number of benzene rings is 1. The Morgan fingerprint density at radius 3 is 3.05 bits per heavy atom. The van der Waals surface area contributed by atoms with Crippen molar-refractivity contribution in [1.82, 2.24) is 0 Å².